The molecule has 19 heavy (non-hydrogen) atoms. The van der Waals surface area contributed by atoms with Crippen LogP contribution in [0.3, 0.4) is 0 Å². The van der Waals surface area contributed by atoms with Crippen molar-refractivity contribution in [3.8, 4) is 0 Å². The second-order valence-corrected chi connectivity index (χ2v) is 5.67. The number of carbonyl (C=O) groups is 2. The van der Waals surface area contributed by atoms with Gasteiger partial charge in [0.05, 0.1) is 23.7 Å². The molecule has 1 aromatic rings. The summed E-state index contributed by atoms with van der Waals surface area (Å²) in [5, 5.41) is 14.5. The number of hydrogen-bond acceptors (Lipinski definition) is 4. The van der Waals surface area contributed by atoms with Crippen molar-refractivity contribution >= 4 is 23.3 Å². The van der Waals surface area contributed by atoms with Crippen LogP contribution in [0.4, 0.5) is 4.79 Å². The lowest BCUT2D eigenvalue weighted by Gasteiger charge is -2.13. The maximum atomic E-state index is 11.7. The van der Waals surface area contributed by atoms with Gasteiger partial charge >= 0.3 is 12.0 Å². The molecular weight excluding hydrogens is 266 g/mol. The van der Waals surface area contributed by atoms with E-state index >= 15 is 0 Å². The summed E-state index contributed by atoms with van der Waals surface area (Å²) in [5.41, 5.74) is 2.68. The molecule has 104 valence electrons. The van der Waals surface area contributed by atoms with Crippen LogP contribution in [0.15, 0.2) is 5.51 Å². The molecule has 1 heterocycles. The lowest BCUT2D eigenvalue weighted by atomic mass is 10.1. The standard InChI is InChI=1S/C12H17N3O3S/c1-7-10(19-6-14-7)5-13-12(18)15-9-3-2-8(4-9)11(16)17/h6,8-9H,2-5H2,1H3,(H,16,17)(H2,13,15,18). The Labute approximate surface area is 115 Å². The van der Waals surface area contributed by atoms with Gasteiger partial charge in [0.25, 0.3) is 0 Å². The number of aromatic nitrogens is 1. The highest BCUT2D eigenvalue weighted by Gasteiger charge is 2.30. The molecule has 6 nitrogen and oxygen atoms in total. The normalized spacial score (nSPS) is 22.2. The van der Waals surface area contributed by atoms with Gasteiger partial charge in [0.15, 0.2) is 0 Å². The van der Waals surface area contributed by atoms with E-state index in [1.54, 1.807) is 5.51 Å². The number of thiazole rings is 1. The molecule has 1 saturated carbocycles. The molecule has 0 spiro atoms. The average molecular weight is 283 g/mol. The number of amides is 2. The first-order valence-electron chi connectivity index (χ1n) is 6.22. The van der Waals surface area contributed by atoms with Crippen molar-refractivity contribution in [2.45, 2.75) is 38.8 Å². The van der Waals surface area contributed by atoms with Gasteiger partial charge in [0.2, 0.25) is 0 Å². The van der Waals surface area contributed by atoms with E-state index in [9.17, 15) is 9.59 Å². The first-order valence-corrected chi connectivity index (χ1v) is 7.10. The summed E-state index contributed by atoms with van der Waals surface area (Å²) >= 11 is 1.51. The molecule has 2 amide bonds. The van der Waals surface area contributed by atoms with Crippen LogP contribution in [0.1, 0.15) is 29.8 Å². The van der Waals surface area contributed by atoms with E-state index in [4.69, 9.17) is 5.11 Å². The minimum absolute atomic E-state index is 0.0383. The number of carboxylic acids is 1. The van der Waals surface area contributed by atoms with Crippen molar-refractivity contribution in [2.75, 3.05) is 0 Å². The zero-order valence-electron chi connectivity index (χ0n) is 10.7. The number of nitrogens with one attached hydrogen (secondary N) is 2. The van der Waals surface area contributed by atoms with Gasteiger partial charge in [-0.25, -0.2) is 9.78 Å². The highest BCUT2D eigenvalue weighted by atomic mass is 32.1. The second-order valence-electron chi connectivity index (χ2n) is 4.73. The largest absolute Gasteiger partial charge is 0.481 e. The first kappa shape index (κ1) is 13.8. The van der Waals surface area contributed by atoms with Crippen LogP contribution in [0.2, 0.25) is 0 Å². The van der Waals surface area contributed by atoms with Gasteiger partial charge in [-0.2, -0.15) is 0 Å². The zero-order valence-corrected chi connectivity index (χ0v) is 11.5. The van der Waals surface area contributed by atoms with E-state index in [1.807, 2.05) is 6.92 Å². The van der Waals surface area contributed by atoms with Crippen LogP contribution in [0, 0.1) is 12.8 Å². The lowest BCUT2D eigenvalue weighted by molar-refractivity contribution is -0.141. The van der Waals surface area contributed by atoms with Gasteiger partial charge in [-0.1, -0.05) is 0 Å². The highest BCUT2D eigenvalue weighted by molar-refractivity contribution is 7.09. The quantitative estimate of drug-likeness (QED) is 0.781. The van der Waals surface area contributed by atoms with Crippen molar-refractivity contribution in [1.29, 1.82) is 0 Å². The second kappa shape index (κ2) is 6.01. The van der Waals surface area contributed by atoms with Crippen LogP contribution >= 0.6 is 11.3 Å². The van der Waals surface area contributed by atoms with Gasteiger partial charge in [-0.3, -0.25) is 4.79 Å². The van der Waals surface area contributed by atoms with Crippen LogP contribution in [0.25, 0.3) is 0 Å². The molecule has 0 bridgehead atoms. The molecule has 0 saturated heterocycles. The summed E-state index contributed by atoms with van der Waals surface area (Å²) < 4.78 is 0. The Morgan fingerprint density at radius 2 is 2.32 bits per heavy atom. The molecule has 3 N–H and O–H groups in total. The van der Waals surface area contributed by atoms with Crippen molar-refractivity contribution < 1.29 is 14.7 Å². The minimum atomic E-state index is -0.773. The molecule has 1 aliphatic rings. The number of hydrogen-bond donors (Lipinski definition) is 3. The van der Waals surface area contributed by atoms with Gasteiger partial charge in [-0.05, 0) is 26.2 Å². The molecule has 2 atom stereocenters. The van der Waals surface area contributed by atoms with Crippen LogP contribution < -0.4 is 10.6 Å². The Morgan fingerprint density at radius 3 is 2.89 bits per heavy atom. The number of rotatable bonds is 4. The third-order valence-electron chi connectivity index (χ3n) is 3.37. The average Bonchev–Trinajstić information content (AvgIpc) is 2.96. The fraction of sp³-hybridized carbons (Fsp3) is 0.583. The summed E-state index contributed by atoms with van der Waals surface area (Å²) in [6.07, 6.45) is 1.88. The lowest BCUT2D eigenvalue weighted by Crippen LogP contribution is -2.40. The molecule has 2 unspecified atom stereocenters. The third-order valence-corrected chi connectivity index (χ3v) is 4.31. The molecule has 2 rings (SSSR count). The van der Waals surface area contributed by atoms with Gasteiger partial charge in [0.1, 0.15) is 0 Å². The minimum Gasteiger partial charge on any atom is -0.481 e. The Balaban J connectivity index is 1.73. The highest BCUT2D eigenvalue weighted by Crippen LogP contribution is 2.25. The van der Waals surface area contributed by atoms with E-state index in [0.717, 1.165) is 17.0 Å². The summed E-state index contributed by atoms with van der Waals surface area (Å²) in [4.78, 5) is 27.7. The molecule has 0 radical (unpaired) electrons. The molecule has 1 aromatic heterocycles. The predicted octanol–water partition coefficient (Wildman–Crippen LogP) is 1.50. The Kier molecular flexibility index (Phi) is 4.36. The van der Waals surface area contributed by atoms with Crippen molar-refractivity contribution in [3.63, 3.8) is 0 Å². The molecular formula is C12H17N3O3S. The Bertz CT molecular complexity index is 475. The number of carbonyl (C=O) groups excluding carboxylic acids is 1. The summed E-state index contributed by atoms with van der Waals surface area (Å²) in [7, 11) is 0. The fourth-order valence-electron chi connectivity index (χ4n) is 2.23. The number of nitrogens with zero attached hydrogens (tertiary/aromatic N) is 1. The summed E-state index contributed by atoms with van der Waals surface area (Å²) in [6, 6.07) is -0.285. The maximum Gasteiger partial charge on any atom is 0.315 e. The fourth-order valence-corrected chi connectivity index (χ4v) is 2.95. The molecule has 0 aliphatic heterocycles. The van der Waals surface area contributed by atoms with E-state index < -0.39 is 5.97 Å². The molecule has 1 aliphatic carbocycles. The smallest absolute Gasteiger partial charge is 0.315 e. The maximum absolute atomic E-state index is 11.7. The van der Waals surface area contributed by atoms with Crippen LogP contribution in [-0.4, -0.2) is 28.1 Å². The third kappa shape index (κ3) is 3.66. The van der Waals surface area contributed by atoms with E-state index in [-0.39, 0.29) is 18.0 Å². The monoisotopic (exact) mass is 283 g/mol. The zero-order chi connectivity index (χ0) is 13.8. The van der Waals surface area contributed by atoms with E-state index in [2.05, 4.69) is 15.6 Å². The van der Waals surface area contributed by atoms with Crippen molar-refractivity contribution in [3.05, 3.63) is 16.1 Å². The topological polar surface area (TPSA) is 91.3 Å². The molecule has 7 heteroatoms. The Hall–Kier alpha value is -1.63. The summed E-state index contributed by atoms with van der Waals surface area (Å²) in [5.74, 6) is -1.10. The number of aryl methyl sites for hydroxylation is 1. The van der Waals surface area contributed by atoms with E-state index in [1.165, 1.54) is 11.3 Å². The van der Waals surface area contributed by atoms with Crippen LogP contribution in [-0.2, 0) is 11.3 Å². The Morgan fingerprint density at radius 1 is 1.53 bits per heavy atom. The molecule has 0 aromatic carbocycles. The molecule has 1 fully saturated rings. The van der Waals surface area contributed by atoms with Crippen LogP contribution in [0.5, 0.6) is 0 Å². The summed E-state index contributed by atoms with van der Waals surface area (Å²) in [6.45, 7) is 2.36. The number of urea groups is 1. The van der Waals surface area contributed by atoms with Gasteiger partial charge in [-0.15, -0.1) is 11.3 Å². The SMILES string of the molecule is Cc1ncsc1CNC(=O)NC1CCC(C(=O)O)C1. The van der Waals surface area contributed by atoms with Crippen molar-refractivity contribution in [2.24, 2.45) is 5.92 Å². The van der Waals surface area contributed by atoms with Gasteiger partial charge < -0.3 is 15.7 Å². The van der Waals surface area contributed by atoms with E-state index in [0.29, 0.717) is 19.4 Å². The first-order chi connectivity index (χ1) is 9.06. The predicted molar refractivity (Wildman–Crippen MR) is 71.0 cm³/mol. The number of carboxylic acid groups (broad SMARTS) is 1. The van der Waals surface area contributed by atoms with Gasteiger partial charge in [0, 0.05) is 10.9 Å². The number of aliphatic carboxylic acids is 1. The van der Waals surface area contributed by atoms with Crippen molar-refractivity contribution in [1.82, 2.24) is 15.6 Å².